The van der Waals surface area contributed by atoms with Crippen LogP contribution in [0.3, 0.4) is 0 Å². The van der Waals surface area contributed by atoms with Crippen LogP contribution in [0.2, 0.25) is 0 Å². The van der Waals surface area contributed by atoms with Crippen molar-refractivity contribution in [2.45, 2.75) is 19.4 Å². The second kappa shape index (κ2) is 6.96. The Labute approximate surface area is 133 Å². The lowest BCUT2D eigenvalue weighted by atomic mass is 10.1. The molecule has 3 nitrogen and oxygen atoms in total. The third-order valence-corrected chi connectivity index (χ3v) is 4.48. The smallest absolute Gasteiger partial charge is 0.142 e. The number of hydrogen-bond donors (Lipinski definition) is 0. The second-order valence-electron chi connectivity index (χ2n) is 5.30. The van der Waals surface area contributed by atoms with Crippen LogP contribution in [0.25, 0.3) is 11.1 Å². The van der Waals surface area contributed by atoms with Gasteiger partial charge in [0.15, 0.2) is 0 Å². The Bertz CT molecular complexity index is 598. The van der Waals surface area contributed by atoms with Crippen LogP contribution in [0.1, 0.15) is 18.7 Å². The summed E-state index contributed by atoms with van der Waals surface area (Å²) in [4.78, 5) is 13.5. The van der Waals surface area contributed by atoms with E-state index in [9.17, 15) is 0 Å². The first-order valence-corrected chi connectivity index (χ1v) is 8.13. The van der Waals surface area contributed by atoms with E-state index in [2.05, 4.69) is 47.9 Å². The summed E-state index contributed by atoms with van der Waals surface area (Å²) in [6.45, 7) is 3.01. The van der Waals surface area contributed by atoms with Gasteiger partial charge in [0.05, 0.1) is 6.54 Å². The summed E-state index contributed by atoms with van der Waals surface area (Å²) in [7, 11) is 0. The molecule has 1 fully saturated rings. The maximum atomic E-state index is 4.51. The quantitative estimate of drug-likeness (QED) is 0.842. The molecule has 1 aliphatic heterocycles. The molecule has 1 aromatic carbocycles. The third kappa shape index (κ3) is 3.77. The molecule has 0 amide bonds. The van der Waals surface area contributed by atoms with Gasteiger partial charge in [0.1, 0.15) is 5.82 Å². The highest BCUT2D eigenvalue weighted by Gasteiger charge is 2.14. The first kappa shape index (κ1) is 14.4. The Balaban J connectivity index is 1.63. The molecule has 0 radical (unpaired) electrons. The van der Waals surface area contributed by atoms with Gasteiger partial charge in [-0.2, -0.15) is 0 Å². The van der Waals surface area contributed by atoms with Gasteiger partial charge in [-0.3, -0.25) is 4.90 Å². The van der Waals surface area contributed by atoms with Crippen molar-refractivity contribution < 1.29 is 0 Å². The van der Waals surface area contributed by atoms with Crippen LogP contribution in [-0.4, -0.2) is 28.0 Å². The van der Waals surface area contributed by atoms with Crippen LogP contribution < -0.4 is 0 Å². The van der Waals surface area contributed by atoms with Crippen molar-refractivity contribution in [1.29, 1.82) is 0 Å². The van der Waals surface area contributed by atoms with E-state index in [0.717, 1.165) is 49.4 Å². The van der Waals surface area contributed by atoms with E-state index < -0.39 is 0 Å². The first-order chi connectivity index (χ1) is 10.3. The molecule has 0 N–H and O–H groups in total. The van der Waals surface area contributed by atoms with Crippen LogP contribution in [0.15, 0.2) is 53.3 Å². The molecule has 0 bridgehead atoms. The van der Waals surface area contributed by atoms with Crippen molar-refractivity contribution in [1.82, 2.24) is 14.9 Å². The number of aromatic nitrogens is 2. The largest absolute Gasteiger partial charge is 0.295 e. The van der Waals surface area contributed by atoms with Crippen molar-refractivity contribution in [3.8, 4) is 11.1 Å². The number of nitrogens with zero attached hydrogens (tertiary/aromatic N) is 3. The molecule has 4 heteroatoms. The number of likely N-dealkylation sites (tertiary alicyclic amines) is 1. The van der Waals surface area contributed by atoms with E-state index in [1.165, 1.54) is 5.57 Å². The minimum atomic E-state index is 0.838. The van der Waals surface area contributed by atoms with Gasteiger partial charge in [-0.25, -0.2) is 9.97 Å². The highest BCUT2D eigenvalue weighted by atomic mass is 79.9. The van der Waals surface area contributed by atoms with E-state index in [-0.39, 0.29) is 0 Å². The van der Waals surface area contributed by atoms with Crippen LogP contribution in [0, 0.1) is 0 Å². The molecule has 0 aliphatic carbocycles. The fourth-order valence-electron chi connectivity index (χ4n) is 2.52. The molecule has 3 rings (SSSR count). The van der Waals surface area contributed by atoms with Crippen molar-refractivity contribution in [3.05, 3.63) is 59.1 Å². The lowest BCUT2D eigenvalue weighted by molar-refractivity contribution is 0.242. The lowest BCUT2D eigenvalue weighted by Crippen LogP contribution is -2.30. The normalized spacial score (nSPS) is 16.0. The fourth-order valence-corrected chi connectivity index (χ4v) is 2.98. The monoisotopic (exact) mass is 343 g/mol. The minimum absolute atomic E-state index is 0.838. The van der Waals surface area contributed by atoms with Crippen LogP contribution in [0.4, 0.5) is 0 Å². The van der Waals surface area contributed by atoms with Gasteiger partial charge >= 0.3 is 0 Å². The SMILES string of the molecule is BrC=C1CCN(Cc2ncc(-c3ccccc3)cn2)CC1. The number of hydrogen-bond acceptors (Lipinski definition) is 3. The third-order valence-electron chi connectivity index (χ3n) is 3.83. The van der Waals surface area contributed by atoms with Gasteiger partial charge in [-0.05, 0) is 23.4 Å². The Hall–Kier alpha value is -1.52. The van der Waals surface area contributed by atoms with E-state index in [0.29, 0.717) is 0 Å². The molecule has 1 aliphatic rings. The second-order valence-corrected chi connectivity index (χ2v) is 5.76. The zero-order valence-electron chi connectivity index (χ0n) is 11.9. The topological polar surface area (TPSA) is 29.0 Å². The predicted octanol–water partition coefficient (Wildman–Crippen LogP) is 4.02. The van der Waals surface area contributed by atoms with Gasteiger partial charge in [-0.15, -0.1) is 0 Å². The first-order valence-electron chi connectivity index (χ1n) is 7.22. The number of piperidine rings is 1. The van der Waals surface area contributed by atoms with E-state index in [1.54, 1.807) is 0 Å². The van der Waals surface area contributed by atoms with Gasteiger partial charge in [0, 0.05) is 31.0 Å². The summed E-state index contributed by atoms with van der Waals surface area (Å²) in [6, 6.07) is 10.2. The van der Waals surface area contributed by atoms with E-state index in [4.69, 9.17) is 0 Å². The molecule has 0 spiro atoms. The molecule has 1 aromatic heterocycles. The standard InChI is InChI=1S/C17H18BrN3/c18-10-14-6-8-21(9-7-14)13-17-19-11-16(12-20-17)15-4-2-1-3-5-15/h1-5,10-12H,6-9,13H2. The van der Waals surface area contributed by atoms with E-state index in [1.807, 2.05) is 30.6 Å². The molecular weight excluding hydrogens is 326 g/mol. The fraction of sp³-hybridized carbons (Fsp3) is 0.294. The highest BCUT2D eigenvalue weighted by molar-refractivity contribution is 9.11. The lowest BCUT2D eigenvalue weighted by Gasteiger charge is -2.27. The number of benzene rings is 1. The molecule has 0 atom stereocenters. The molecule has 0 saturated carbocycles. The van der Waals surface area contributed by atoms with Crippen molar-refractivity contribution in [3.63, 3.8) is 0 Å². The summed E-state index contributed by atoms with van der Waals surface area (Å²) in [5.41, 5.74) is 3.73. The van der Waals surface area contributed by atoms with Gasteiger partial charge < -0.3 is 0 Å². The van der Waals surface area contributed by atoms with Crippen LogP contribution in [-0.2, 0) is 6.54 Å². The predicted molar refractivity (Wildman–Crippen MR) is 89.0 cm³/mol. The average Bonchev–Trinajstić information content (AvgIpc) is 2.57. The Kier molecular flexibility index (Phi) is 4.78. The maximum absolute atomic E-state index is 4.51. The van der Waals surface area contributed by atoms with Crippen LogP contribution >= 0.6 is 15.9 Å². The molecule has 1 saturated heterocycles. The molecule has 2 heterocycles. The zero-order chi connectivity index (χ0) is 14.5. The average molecular weight is 344 g/mol. The summed E-state index contributed by atoms with van der Waals surface area (Å²) in [6.07, 6.45) is 6.11. The maximum Gasteiger partial charge on any atom is 0.142 e. The summed E-state index contributed by atoms with van der Waals surface area (Å²) in [5, 5.41) is 0. The summed E-state index contributed by atoms with van der Waals surface area (Å²) in [5.74, 6) is 0.904. The van der Waals surface area contributed by atoms with Crippen molar-refractivity contribution in [2.24, 2.45) is 0 Å². The Morgan fingerprint density at radius 3 is 2.29 bits per heavy atom. The van der Waals surface area contributed by atoms with Crippen LogP contribution in [0.5, 0.6) is 0 Å². The highest BCUT2D eigenvalue weighted by Crippen LogP contribution is 2.19. The molecular formula is C17H18BrN3. The molecule has 108 valence electrons. The molecule has 2 aromatic rings. The Morgan fingerprint density at radius 1 is 1.00 bits per heavy atom. The summed E-state index contributed by atoms with van der Waals surface area (Å²) >= 11 is 3.42. The minimum Gasteiger partial charge on any atom is -0.295 e. The van der Waals surface area contributed by atoms with Crippen molar-refractivity contribution >= 4 is 15.9 Å². The van der Waals surface area contributed by atoms with Gasteiger partial charge in [0.25, 0.3) is 0 Å². The number of rotatable bonds is 3. The van der Waals surface area contributed by atoms with Gasteiger partial charge in [0.2, 0.25) is 0 Å². The van der Waals surface area contributed by atoms with Crippen molar-refractivity contribution in [2.75, 3.05) is 13.1 Å². The van der Waals surface area contributed by atoms with E-state index >= 15 is 0 Å². The molecule has 21 heavy (non-hydrogen) atoms. The Morgan fingerprint density at radius 2 is 1.67 bits per heavy atom. The van der Waals surface area contributed by atoms with Gasteiger partial charge in [-0.1, -0.05) is 51.8 Å². The summed E-state index contributed by atoms with van der Waals surface area (Å²) < 4.78 is 0. The zero-order valence-corrected chi connectivity index (χ0v) is 13.5. The molecule has 0 unspecified atom stereocenters. The number of halogens is 1.